The van der Waals surface area contributed by atoms with Gasteiger partial charge in [-0.25, -0.2) is 0 Å². The number of ether oxygens (including phenoxy) is 2. The zero-order valence-electron chi connectivity index (χ0n) is 16.1. The number of benzene rings is 1. The molecule has 1 aromatic carbocycles. The molecule has 0 saturated carbocycles. The van der Waals surface area contributed by atoms with E-state index in [1.807, 2.05) is 24.4 Å². The summed E-state index contributed by atoms with van der Waals surface area (Å²) in [7, 11) is 1.69. The number of nitrogens with zero attached hydrogens (tertiary/aromatic N) is 2. The standard InChI is InChI=1S/C22H29N3O2/c1-26-21-6-5-18-12-17(16-27-22(18)13-21)14-24-19-7-10-25(11-8-19)15-20-4-2-3-9-23-20/h2-6,9,13,17,19,24H,7-8,10-12,14-16H2,1H3/t17-/m1/s1. The number of methoxy groups -OCH3 is 1. The SMILES string of the molecule is COc1ccc2c(c1)OC[C@@H](CNC1CCN(Cc3ccccn3)CC1)C2. The molecule has 5 heteroatoms. The highest BCUT2D eigenvalue weighted by Gasteiger charge is 2.23. The molecule has 1 aromatic heterocycles. The maximum atomic E-state index is 5.97. The molecule has 4 rings (SSSR count). The minimum atomic E-state index is 0.539. The highest BCUT2D eigenvalue weighted by Crippen LogP contribution is 2.30. The van der Waals surface area contributed by atoms with Gasteiger partial charge in [-0.2, -0.15) is 0 Å². The molecule has 1 fully saturated rings. The second kappa shape index (κ2) is 8.72. The van der Waals surface area contributed by atoms with E-state index < -0.39 is 0 Å². The van der Waals surface area contributed by atoms with E-state index >= 15 is 0 Å². The van der Waals surface area contributed by atoms with Gasteiger partial charge in [0.25, 0.3) is 0 Å². The number of pyridine rings is 1. The van der Waals surface area contributed by atoms with Crippen molar-refractivity contribution in [3.8, 4) is 11.5 Å². The first kappa shape index (κ1) is 18.3. The van der Waals surface area contributed by atoms with Gasteiger partial charge in [0.05, 0.1) is 19.4 Å². The normalized spacial score (nSPS) is 20.7. The lowest BCUT2D eigenvalue weighted by Gasteiger charge is -2.33. The van der Waals surface area contributed by atoms with Crippen molar-refractivity contribution < 1.29 is 9.47 Å². The highest BCUT2D eigenvalue weighted by atomic mass is 16.5. The van der Waals surface area contributed by atoms with Gasteiger partial charge in [-0.05, 0) is 43.0 Å². The summed E-state index contributed by atoms with van der Waals surface area (Å²) < 4.78 is 11.2. The second-order valence-corrected chi connectivity index (χ2v) is 7.63. The van der Waals surface area contributed by atoms with Crippen LogP contribution < -0.4 is 14.8 Å². The van der Waals surface area contributed by atoms with Crippen molar-refractivity contribution in [2.75, 3.05) is 33.4 Å². The number of hydrogen-bond donors (Lipinski definition) is 1. The summed E-state index contributed by atoms with van der Waals surface area (Å²) in [4.78, 5) is 6.95. The van der Waals surface area contributed by atoms with Gasteiger partial charge in [0.2, 0.25) is 0 Å². The van der Waals surface area contributed by atoms with Crippen LogP contribution in [0.2, 0.25) is 0 Å². The molecule has 0 spiro atoms. The van der Waals surface area contributed by atoms with E-state index in [1.54, 1.807) is 7.11 Å². The number of aromatic nitrogens is 1. The molecule has 27 heavy (non-hydrogen) atoms. The van der Waals surface area contributed by atoms with E-state index in [-0.39, 0.29) is 0 Å². The van der Waals surface area contributed by atoms with Crippen molar-refractivity contribution in [3.05, 3.63) is 53.9 Å². The lowest BCUT2D eigenvalue weighted by Crippen LogP contribution is -2.44. The van der Waals surface area contributed by atoms with Crippen molar-refractivity contribution in [3.63, 3.8) is 0 Å². The van der Waals surface area contributed by atoms with Crippen molar-refractivity contribution in [2.24, 2.45) is 5.92 Å². The molecular weight excluding hydrogens is 338 g/mol. The molecule has 2 aliphatic rings. The van der Waals surface area contributed by atoms with E-state index in [4.69, 9.17) is 9.47 Å². The number of likely N-dealkylation sites (tertiary alicyclic amines) is 1. The third kappa shape index (κ3) is 4.79. The van der Waals surface area contributed by atoms with Gasteiger partial charge in [0.1, 0.15) is 11.5 Å². The minimum absolute atomic E-state index is 0.539. The van der Waals surface area contributed by atoms with Crippen LogP contribution in [-0.2, 0) is 13.0 Å². The van der Waals surface area contributed by atoms with Crippen LogP contribution in [0.3, 0.4) is 0 Å². The predicted molar refractivity (Wildman–Crippen MR) is 106 cm³/mol. The fraction of sp³-hybridized carbons (Fsp3) is 0.500. The third-order valence-corrected chi connectivity index (χ3v) is 5.65. The first-order valence-electron chi connectivity index (χ1n) is 9.95. The molecule has 2 aromatic rings. The van der Waals surface area contributed by atoms with Crippen LogP contribution in [0.15, 0.2) is 42.6 Å². The first-order valence-corrected chi connectivity index (χ1v) is 9.95. The Hall–Kier alpha value is -2.11. The van der Waals surface area contributed by atoms with Crippen LogP contribution >= 0.6 is 0 Å². The molecule has 0 aliphatic carbocycles. The average Bonchev–Trinajstić information content (AvgIpc) is 2.73. The monoisotopic (exact) mass is 367 g/mol. The van der Waals surface area contributed by atoms with Crippen LogP contribution in [0.1, 0.15) is 24.1 Å². The minimum Gasteiger partial charge on any atom is -0.497 e. The number of nitrogens with one attached hydrogen (secondary N) is 1. The molecular formula is C22H29N3O2. The second-order valence-electron chi connectivity index (χ2n) is 7.63. The predicted octanol–water partition coefficient (Wildman–Crippen LogP) is 2.90. The van der Waals surface area contributed by atoms with E-state index in [0.29, 0.717) is 12.0 Å². The van der Waals surface area contributed by atoms with Gasteiger partial charge in [-0.15, -0.1) is 0 Å². The van der Waals surface area contributed by atoms with E-state index in [0.717, 1.165) is 50.7 Å². The lowest BCUT2D eigenvalue weighted by atomic mass is 9.95. The maximum Gasteiger partial charge on any atom is 0.126 e. The van der Waals surface area contributed by atoms with Crippen LogP contribution in [0.25, 0.3) is 0 Å². The fourth-order valence-corrected chi connectivity index (χ4v) is 4.02. The van der Waals surface area contributed by atoms with Gasteiger partial charge < -0.3 is 14.8 Å². The number of rotatable bonds is 6. The molecule has 1 saturated heterocycles. The summed E-state index contributed by atoms with van der Waals surface area (Å²) in [5.41, 5.74) is 2.46. The summed E-state index contributed by atoms with van der Waals surface area (Å²) in [6.07, 6.45) is 5.36. The molecule has 2 aliphatic heterocycles. The van der Waals surface area contributed by atoms with Crippen LogP contribution in [0.5, 0.6) is 11.5 Å². The average molecular weight is 367 g/mol. The Labute approximate surface area is 161 Å². The Morgan fingerprint density at radius 1 is 1.22 bits per heavy atom. The molecule has 0 bridgehead atoms. The Balaban J connectivity index is 1.20. The van der Waals surface area contributed by atoms with Gasteiger partial charge >= 0.3 is 0 Å². The van der Waals surface area contributed by atoms with Crippen LogP contribution in [-0.4, -0.2) is 49.3 Å². The first-order chi connectivity index (χ1) is 13.3. The summed E-state index contributed by atoms with van der Waals surface area (Å²) >= 11 is 0. The Bertz CT molecular complexity index is 730. The van der Waals surface area contributed by atoms with Gasteiger partial charge in [0.15, 0.2) is 0 Å². The number of piperidine rings is 1. The molecule has 1 N–H and O–H groups in total. The summed E-state index contributed by atoms with van der Waals surface area (Å²) in [5, 5.41) is 3.78. The van der Waals surface area contributed by atoms with E-state index in [9.17, 15) is 0 Å². The summed E-state index contributed by atoms with van der Waals surface area (Å²) in [6, 6.07) is 12.9. The summed E-state index contributed by atoms with van der Waals surface area (Å²) in [6.45, 7) is 5.04. The molecule has 0 amide bonds. The van der Waals surface area contributed by atoms with Crippen LogP contribution in [0, 0.1) is 5.92 Å². The van der Waals surface area contributed by atoms with E-state index in [2.05, 4.69) is 33.4 Å². The quantitative estimate of drug-likeness (QED) is 0.851. The van der Waals surface area contributed by atoms with Crippen molar-refractivity contribution in [2.45, 2.75) is 31.8 Å². The smallest absolute Gasteiger partial charge is 0.126 e. The van der Waals surface area contributed by atoms with Gasteiger partial charge in [-0.3, -0.25) is 9.88 Å². The van der Waals surface area contributed by atoms with Crippen LogP contribution in [0.4, 0.5) is 0 Å². The van der Waals surface area contributed by atoms with E-state index in [1.165, 1.54) is 24.1 Å². The molecule has 3 heterocycles. The summed E-state index contributed by atoms with van der Waals surface area (Å²) in [5.74, 6) is 2.38. The van der Waals surface area contributed by atoms with Gasteiger partial charge in [0, 0.05) is 50.4 Å². The largest absolute Gasteiger partial charge is 0.497 e. The van der Waals surface area contributed by atoms with Crippen molar-refractivity contribution >= 4 is 0 Å². The molecule has 1 atom stereocenters. The Morgan fingerprint density at radius 3 is 2.89 bits per heavy atom. The zero-order chi connectivity index (χ0) is 18.5. The van der Waals surface area contributed by atoms with Gasteiger partial charge in [-0.1, -0.05) is 12.1 Å². The highest BCUT2D eigenvalue weighted by molar-refractivity contribution is 5.42. The molecule has 144 valence electrons. The molecule has 0 unspecified atom stereocenters. The third-order valence-electron chi connectivity index (χ3n) is 5.65. The zero-order valence-corrected chi connectivity index (χ0v) is 16.1. The maximum absolute atomic E-state index is 5.97. The molecule has 0 radical (unpaired) electrons. The number of fused-ring (bicyclic) bond motifs is 1. The van der Waals surface area contributed by atoms with Crippen molar-refractivity contribution in [1.29, 1.82) is 0 Å². The Kier molecular flexibility index (Phi) is 5.90. The fourth-order valence-electron chi connectivity index (χ4n) is 4.02. The number of hydrogen-bond acceptors (Lipinski definition) is 5. The molecule has 5 nitrogen and oxygen atoms in total. The Morgan fingerprint density at radius 2 is 2.11 bits per heavy atom. The topological polar surface area (TPSA) is 46.6 Å². The lowest BCUT2D eigenvalue weighted by molar-refractivity contribution is 0.174. The van der Waals surface area contributed by atoms with Crippen molar-refractivity contribution in [1.82, 2.24) is 15.2 Å².